The number of halogens is 1. The molecule has 0 spiro atoms. The average molecular weight is 311 g/mol. The maximum atomic E-state index is 6.14. The minimum atomic E-state index is -0.196. The maximum Gasteiger partial charge on any atom is 0.0999 e. The summed E-state index contributed by atoms with van der Waals surface area (Å²) in [6, 6.07) is 8.87. The van der Waals surface area contributed by atoms with Crippen LogP contribution in [0.15, 0.2) is 24.3 Å². The zero-order chi connectivity index (χ0) is 13.2. The van der Waals surface area contributed by atoms with Gasteiger partial charge in [-0.15, -0.1) is 0 Å². The second-order valence-corrected chi connectivity index (χ2v) is 6.46. The van der Waals surface area contributed by atoms with Crippen molar-refractivity contribution in [2.24, 2.45) is 5.92 Å². The predicted octanol–water partition coefficient (Wildman–Crippen LogP) is 4.85. The number of alkyl halides is 1. The van der Waals surface area contributed by atoms with Gasteiger partial charge in [0.15, 0.2) is 0 Å². The quantitative estimate of drug-likeness (QED) is 0.683. The van der Waals surface area contributed by atoms with Crippen molar-refractivity contribution in [3.8, 4) is 0 Å². The van der Waals surface area contributed by atoms with Gasteiger partial charge < -0.3 is 4.74 Å². The van der Waals surface area contributed by atoms with Crippen molar-refractivity contribution in [1.82, 2.24) is 0 Å². The van der Waals surface area contributed by atoms with Crippen molar-refractivity contribution in [1.29, 1.82) is 0 Å². The summed E-state index contributed by atoms with van der Waals surface area (Å²) in [5.41, 5.74) is 2.46. The van der Waals surface area contributed by atoms with Crippen LogP contribution < -0.4 is 0 Å². The SMILES string of the molecule is CC(C)c1ccc(C(C)(CBr)OCC2CC2)cc1. The van der Waals surface area contributed by atoms with Crippen LogP contribution in [0.1, 0.15) is 50.7 Å². The van der Waals surface area contributed by atoms with Gasteiger partial charge in [-0.3, -0.25) is 0 Å². The van der Waals surface area contributed by atoms with Crippen LogP contribution >= 0.6 is 15.9 Å². The summed E-state index contributed by atoms with van der Waals surface area (Å²) in [6.07, 6.45) is 2.68. The lowest BCUT2D eigenvalue weighted by atomic mass is 9.94. The first-order valence-corrected chi connectivity index (χ1v) is 7.97. The third kappa shape index (κ3) is 3.36. The molecule has 0 amide bonds. The molecule has 1 aliphatic carbocycles. The van der Waals surface area contributed by atoms with Crippen LogP contribution in [0.4, 0.5) is 0 Å². The molecule has 1 atom stereocenters. The van der Waals surface area contributed by atoms with Crippen molar-refractivity contribution in [3.05, 3.63) is 35.4 Å². The Morgan fingerprint density at radius 2 is 1.89 bits per heavy atom. The summed E-state index contributed by atoms with van der Waals surface area (Å²) >= 11 is 3.60. The van der Waals surface area contributed by atoms with E-state index in [9.17, 15) is 0 Å². The molecule has 1 aromatic rings. The first-order chi connectivity index (χ1) is 8.55. The van der Waals surface area contributed by atoms with Crippen LogP contribution in [0.25, 0.3) is 0 Å². The molecule has 100 valence electrons. The van der Waals surface area contributed by atoms with E-state index >= 15 is 0 Å². The summed E-state index contributed by atoms with van der Waals surface area (Å²) in [7, 11) is 0. The minimum Gasteiger partial charge on any atom is -0.369 e. The topological polar surface area (TPSA) is 9.23 Å². The van der Waals surface area contributed by atoms with Crippen LogP contribution in [0, 0.1) is 5.92 Å². The number of rotatable bonds is 6. The summed E-state index contributed by atoms with van der Waals surface area (Å²) < 4.78 is 6.14. The van der Waals surface area contributed by atoms with Gasteiger partial charge in [0.05, 0.1) is 12.2 Å². The van der Waals surface area contributed by atoms with E-state index in [4.69, 9.17) is 4.74 Å². The second kappa shape index (κ2) is 5.75. The Balaban J connectivity index is 2.09. The Bertz CT molecular complexity index is 381. The molecule has 2 rings (SSSR count). The summed E-state index contributed by atoms with van der Waals surface area (Å²) in [5.74, 6) is 1.39. The number of ether oxygens (including phenoxy) is 1. The molecule has 1 saturated carbocycles. The molecule has 0 aliphatic heterocycles. The zero-order valence-corrected chi connectivity index (χ0v) is 13.2. The van der Waals surface area contributed by atoms with Crippen LogP contribution in [-0.2, 0) is 10.3 Å². The largest absolute Gasteiger partial charge is 0.369 e. The summed E-state index contributed by atoms with van der Waals surface area (Å²) in [6.45, 7) is 7.52. The predicted molar refractivity (Wildman–Crippen MR) is 80.4 cm³/mol. The molecule has 0 N–H and O–H groups in total. The Morgan fingerprint density at radius 1 is 1.28 bits per heavy atom. The van der Waals surface area contributed by atoms with E-state index in [0.29, 0.717) is 5.92 Å². The Labute approximate surface area is 119 Å². The highest BCUT2D eigenvalue weighted by atomic mass is 79.9. The molecular formula is C16H23BrO. The van der Waals surface area contributed by atoms with Crippen LogP contribution in [0.3, 0.4) is 0 Å². The Hall–Kier alpha value is -0.340. The third-order valence-corrected chi connectivity index (χ3v) is 4.85. The van der Waals surface area contributed by atoms with Crippen molar-refractivity contribution >= 4 is 15.9 Å². The lowest BCUT2D eigenvalue weighted by Crippen LogP contribution is -2.28. The van der Waals surface area contributed by atoms with Crippen molar-refractivity contribution in [2.75, 3.05) is 11.9 Å². The van der Waals surface area contributed by atoms with Gasteiger partial charge in [0.2, 0.25) is 0 Å². The standard InChI is InChI=1S/C16H23BrO/c1-12(2)14-6-8-15(9-7-14)16(3,11-17)18-10-13-4-5-13/h6-9,12-13H,4-5,10-11H2,1-3H3. The van der Waals surface area contributed by atoms with Gasteiger partial charge in [-0.1, -0.05) is 54.0 Å². The molecule has 2 heteroatoms. The molecule has 1 aromatic carbocycles. The monoisotopic (exact) mass is 310 g/mol. The molecule has 18 heavy (non-hydrogen) atoms. The van der Waals surface area contributed by atoms with E-state index in [1.807, 2.05) is 0 Å². The third-order valence-electron chi connectivity index (χ3n) is 3.78. The Kier molecular flexibility index (Phi) is 4.50. The normalized spacial score (nSPS) is 18.9. The molecule has 1 nitrogen and oxygen atoms in total. The highest BCUT2D eigenvalue weighted by Gasteiger charge is 2.30. The van der Waals surface area contributed by atoms with Crippen LogP contribution in [0.2, 0.25) is 0 Å². The summed E-state index contributed by atoms with van der Waals surface area (Å²) in [4.78, 5) is 0. The van der Waals surface area contributed by atoms with Gasteiger partial charge in [-0.2, -0.15) is 0 Å². The van der Waals surface area contributed by atoms with Crippen molar-refractivity contribution in [3.63, 3.8) is 0 Å². The fourth-order valence-corrected chi connectivity index (χ4v) is 2.49. The molecular weight excluding hydrogens is 288 g/mol. The fraction of sp³-hybridized carbons (Fsp3) is 0.625. The lowest BCUT2D eigenvalue weighted by molar-refractivity contribution is -0.0225. The molecule has 0 aromatic heterocycles. The zero-order valence-electron chi connectivity index (χ0n) is 11.6. The van der Waals surface area contributed by atoms with E-state index in [1.165, 1.54) is 24.0 Å². The van der Waals surface area contributed by atoms with Crippen molar-refractivity contribution < 1.29 is 4.74 Å². The van der Waals surface area contributed by atoms with Gasteiger partial charge in [-0.05, 0) is 42.7 Å². The fourth-order valence-electron chi connectivity index (χ4n) is 2.01. The maximum absolute atomic E-state index is 6.14. The van der Waals surface area contributed by atoms with Crippen LogP contribution in [-0.4, -0.2) is 11.9 Å². The van der Waals surface area contributed by atoms with Gasteiger partial charge in [-0.25, -0.2) is 0 Å². The molecule has 1 aliphatic rings. The van der Waals surface area contributed by atoms with E-state index in [0.717, 1.165) is 17.9 Å². The van der Waals surface area contributed by atoms with E-state index in [1.54, 1.807) is 0 Å². The number of hydrogen-bond donors (Lipinski definition) is 0. The smallest absolute Gasteiger partial charge is 0.0999 e. The Morgan fingerprint density at radius 3 is 2.33 bits per heavy atom. The van der Waals surface area contributed by atoms with Gasteiger partial charge >= 0.3 is 0 Å². The van der Waals surface area contributed by atoms with Gasteiger partial charge in [0.1, 0.15) is 0 Å². The van der Waals surface area contributed by atoms with Gasteiger partial charge in [0, 0.05) is 5.33 Å². The first-order valence-electron chi connectivity index (χ1n) is 6.85. The minimum absolute atomic E-state index is 0.196. The molecule has 0 bridgehead atoms. The van der Waals surface area contributed by atoms with Crippen molar-refractivity contribution in [2.45, 2.75) is 45.1 Å². The van der Waals surface area contributed by atoms with Gasteiger partial charge in [0.25, 0.3) is 0 Å². The first kappa shape index (κ1) is 14.1. The average Bonchev–Trinajstić information content (AvgIpc) is 3.20. The number of benzene rings is 1. The molecule has 0 radical (unpaired) electrons. The van der Waals surface area contributed by atoms with Crippen LogP contribution in [0.5, 0.6) is 0 Å². The van der Waals surface area contributed by atoms with E-state index in [2.05, 4.69) is 61.0 Å². The highest BCUT2D eigenvalue weighted by molar-refractivity contribution is 9.09. The molecule has 1 unspecified atom stereocenters. The summed E-state index contributed by atoms with van der Waals surface area (Å²) in [5, 5.41) is 0.841. The number of hydrogen-bond acceptors (Lipinski definition) is 1. The second-order valence-electron chi connectivity index (χ2n) is 5.90. The molecule has 0 saturated heterocycles. The highest BCUT2D eigenvalue weighted by Crippen LogP contribution is 2.34. The van der Waals surface area contributed by atoms with E-state index in [-0.39, 0.29) is 5.60 Å². The van der Waals surface area contributed by atoms with E-state index < -0.39 is 0 Å². The molecule has 1 fully saturated rings. The molecule has 0 heterocycles. The lowest BCUT2D eigenvalue weighted by Gasteiger charge is -2.29.